The predicted octanol–water partition coefficient (Wildman–Crippen LogP) is 1.57. The fourth-order valence-electron chi connectivity index (χ4n) is 2.69. The number of hydrogen-bond acceptors (Lipinski definition) is 7. The lowest BCUT2D eigenvalue weighted by Gasteiger charge is -2.15. The quantitative estimate of drug-likeness (QED) is 0.882. The van der Waals surface area contributed by atoms with Crippen LogP contribution in [0.4, 0.5) is 10.9 Å². The molecule has 1 amide bonds. The van der Waals surface area contributed by atoms with Crippen LogP contribution in [0, 0.1) is 13.8 Å². The van der Waals surface area contributed by atoms with Crippen molar-refractivity contribution < 1.29 is 4.79 Å². The van der Waals surface area contributed by atoms with E-state index in [9.17, 15) is 4.79 Å². The number of likely N-dealkylation sites (tertiary alicyclic amines) is 1. The lowest BCUT2D eigenvalue weighted by molar-refractivity contribution is -0.128. The van der Waals surface area contributed by atoms with Crippen molar-refractivity contribution in [3.8, 4) is 0 Å². The summed E-state index contributed by atoms with van der Waals surface area (Å²) >= 11 is 1.55. The topological polar surface area (TPSA) is 97.0 Å². The number of thiazole rings is 1. The first kappa shape index (κ1) is 15.8. The van der Waals surface area contributed by atoms with E-state index in [1.165, 1.54) is 0 Å². The van der Waals surface area contributed by atoms with Crippen LogP contribution in [0.2, 0.25) is 0 Å². The first-order valence-corrected chi connectivity index (χ1v) is 8.45. The largest absolute Gasteiger partial charge is 0.341 e. The number of amides is 1. The molecule has 1 atom stereocenters. The highest BCUT2D eigenvalue weighted by molar-refractivity contribution is 7.13. The summed E-state index contributed by atoms with van der Waals surface area (Å²) in [5.41, 5.74) is 7.31. The maximum atomic E-state index is 11.7. The standard InChI is InChI=1S/C15H20N6OS/c1-9-5-12(20-15-18-10(2)8-23-15)19-14(17-9)11-3-4-21(7-11)13(22)6-16/h5,8,11H,3-4,6-7,16H2,1-2H3,(H,17,18,19,20)/t11-/m1/s1. The van der Waals surface area contributed by atoms with Crippen molar-refractivity contribution in [1.29, 1.82) is 0 Å². The zero-order chi connectivity index (χ0) is 16.4. The Bertz CT molecular complexity index is 716. The summed E-state index contributed by atoms with van der Waals surface area (Å²) in [7, 11) is 0. The molecular weight excluding hydrogens is 312 g/mol. The zero-order valence-electron chi connectivity index (χ0n) is 13.2. The van der Waals surface area contributed by atoms with E-state index in [0.717, 1.165) is 34.6 Å². The number of hydrogen-bond donors (Lipinski definition) is 2. The van der Waals surface area contributed by atoms with Crippen molar-refractivity contribution in [2.45, 2.75) is 26.2 Å². The molecule has 3 rings (SSSR count). The number of carbonyl (C=O) groups excluding carboxylic acids is 1. The van der Waals surface area contributed by atoms with Crippen LogP contribution in [0.25, 0.3) is 0 Å². The van der Waals surface area contributed by atoms with Crippen LogP contribution in [-0.2, 0) is 4.79 Å². The first-order chi connectivity index (χ1) is 11.0. The minimum absolute atomic E-state index is 0.0169. The molecule has 3 N–H and O–H groups in total. The molecule has 1 aliphatic rings. The van der Waals surface area contributed by atoms with Gasteiger partial charge in [-0.15, -0.1) is 11.3 Å². The van der Waals surface area contributed by atoms with Gasteiger partial charge in [-0.25, -0.2) is 15.0 Å². The number of nitrogens with zero attached hydrogens (tertiary/aromatic N) is 4. The lowest BCUT2D eigenvalue weighted by atomic mass is 10.1. The normalized spacial score (nSPS) is 17.5. The van der Waals surface area contributed by atoms with Crippen LogP contribution in [0.1, 0.15) is 29.6 Å². The molecule has 1 aliphatic heterocycles. The van der Waals surface area contributed by atoms with Crippen molar-refractivity contribution in [3.63, 3.8) is 0 Å². The number of nitrogens with two attached hydrogens (primary N) is 1. The van der Waals surface area contributed by atoms with E-state index in [2.05, 4.69) is 20.3 Å². The number of anilines is 2. The second kappa shape index (κ2) is 6.59. The SMILES string of the molecule is Cc1cc(Nc2nc(C)cs2)nc([C@@H]2CCN(C(=O)CN)C2)n1. The van der Waals surface area contributed by atoms with Gasteiger partial charge in [-0.2, -0.15) is 0 Å². The number of nitrogens with one attached hydrogen (secondary N) is 1. The third-order valence-electron chi connectivity index (χ3n) is 3.81. The fourth-order valence-corrected chi connectivity index (χ4v) is 3.38. The van der Waals surface area contributed by atoms with Gasteiger partial charge in [0.1, 0.15) is 11.6 Å². The van der Waals surface area contributed by atoms with Gasteiger partial charge in [0.25, 0.3) is 0 Å². The first-order valence-electron chi connectivity index (χ1n) is 7.57. The Hall–Kier alpha value is -2.06. The van der Waals surface area contributed by atoms with Crippen molar-refractivity contribution in [2.24, 2.45) is 5.73 Å². The van der Waals surface area contributed by atoms with Crippen molar-refractivity contribution in [1.82, 2.24) is 19.9 Å². The van der Waals surface area contributed by atoms with E-state index in [-0.39, 0.29) is 18.4 Å². The third kappa shape index (κ3) is 3.65. The Morgan fingerprint density at radius 3 is 2.91 bits per heavy atom. The molecule has 0 radical (unpaired) electrons. The predicted molar refractivity (Wildman–Crippen MR) is 89.9 cm³/mol. The fraction of sp³-hybridized carbons (Fsp3) is 0.467. The van der Waals surface area contributed by atoms with E-state index >= 15 is 0 Å². The molecule has 0 spiro atoms. The molecule has 0 unspecified atom stereocenters. The van der Waals surface area contributed by atoms with Gasteiger partial charge in [0.15, 0.2) is 5.13 Å². The zero-order valence-corrected chi connectivity index (χ0v) is 14.1. The minimum Gasteiger partial charge on any atom is -0.341 e. The van der Waals surface area contributed by atoms with E-state index in [4.69, 9.17) is 5.73 Å². The monoisotopic (exact) mass is 332 g/mol. The molecule has 0 aliphatic carbocycles. The van der Waals surface area contributed by atoms with Crippen molar-refractivity contribution in [2.75, 3.05) is 25.0 Å². The molecule has 1 fully saturated rings. The summed E-state index contributed by atoms with van der Waals surface area (Å²) in [4.78, 5) is 27.0. The summed E-state index contributed by atoms with van der Waals surface area (Å²) in [6, 6.07) is 1.90. The smallest absolute Gasteiger partial charge is 0.236 e. The number of aromatic nitrogens is 3. The summed E-state index contributed by atoms with van der Waals surface area (Å²) < 4.78 is 0. The van der Waals surface area contributed by atoms with Crippen LogP contribution >= 0.6 is 11.3 Å². The molecule has 23 heavy (non-hydrogen) atoms. The molecule has 7 nitrogen and oxygen atoms in total. The highest BCUT2D eigenvalue weighted by atomic mass is 32.1. The Balaban J connectivity index is 1.77. The molecule has 0 aromatic carbocycles. The number of rotatable bonds is 4. The highest BCUT2D eigenvalue weighted by Crippen LogP contribution is 2.27. The van der Waals surface area contributed by atoms with Gasteiger partial charge in [-0.1, -0.05) is 0 Å². The van der Waals surface area contributed by atoms with Gasteiger partial charge < -0.3 is 16.0 Å². The molecule has 8 heteroatoms. The lowest BCUT2D eigenvalue weighted by Crippen LogP contribution is -2.34. The average molecular weight is 332 g/mol. The van der Waals surface area contributed by atoms with Gasteiger partial charge in [0.2, 0.25) is 5.91 Å². The van der Waals surface area contributed by atoms with E-state index in [0.29, 0.717) is 13.1 Å². The van der Waals surface area contributed by atoms with E-state index in [1.54, 1.807) is 16.2 Å². The molecule has 2 aromatic rings. The molecule has 3 heterocycles. The van der Waals surface area contributed by atoms with Crippen molar-refractivity contribution >= 4 is 28.2 Å². The van der Waals surface area contributed by atoms with Gasteiger partial charge in [-0.05, 0) is 20.3 Å². The molecule has 1 saturated heterocycles. The van der Waals surface area contributed by atoms with Crippen LogP contribution in [0.15, 0.2) is 11.4 Å². The number of aryl methyl sites for hydroxylation is 2. The Morgan fingerprint density at radius 2 is 2.22 bits per heavy atom. The van der Waals surface area contributed by atoms with Crippen LogP contribution in [0.3, 0.4) is 0 Å². The summed E-state index contributed by atoms with van der Waals surface area (Å²) in [6.07, 6.45) is 0.866. The van der Waals surface area contributed by atoms with Gasteiger partial charge in [-0.3, -0.25) is 4.79 Å². The van der Waals surface area contributed by atoms with Crippen LogP contribution < -0.4 is 11.1 Å². The molecule has 0 bridgehead atoms. The minimum atomic E-state index is -0.0169. The average Bonchev–Trinajstić information content (AvgIpc) is 3.15. The van der Waals surface area contributed by atoms with Crippen LogP contribution in [-0.4, -0.2) is 45.4 Å². The number of carbonyl (C=O) groups is 1. The van der Waals surface area contributed by atoms with E-state index in [1.807, 2.05) is 25.3 Å². The second-order valence-corrected chi connectivity index (χ2v) is 6.56. The Morgan fingerprint density at radius 1 is 1.39 bits per heavy atom. The maximum absolute atomic E-state index is 11.7. The third-order valence-corrected chi connectivity index (χ3v) is 4.68. The van der Waals surface area contributed by atoms with Crippen molar-refractivity contribution in [3.05, 3.63) is 28.7 Å². The van der Waals surface area contributed by atoms with Crippen LogP contribution in [0.5, 0.6) is 0 Å². The second-order valence-electron chi connectivity index (χ2n) is 5.70. The van der Waals surface area contributed by atoms with Gasteiger partial charge in [0.05, 0.1) is 12.2 Å². The molecular formula is C15H20N6OS. The summed E-state index contributed by atoms with van der Waals surface area (Å²) in [5, 5.41) is 6.04. The maximum Gasteiger partial charge on any atom is 0.236 e. The molecule has 122 valence electrons. The molecule has 2 aromatic heterocycles. The summed E-state index contributed by atoms with van der Waals surface area (Å²) in [6.45, 7) is 5.31. The molecule has 0 saturated carbocycles. The Kier molecular flexibility index (Phi) is 4.53. The Labute approximate surface area is 139 Å². The van der Waals surface area contributed by atoms with E-state index < -0.39 is 0 Å². The summed E-state index contributed by atoms with van der Waals surface area (Å²) in [5.74, 6) is 1.65. The highest BCUT2D eigenvalue weighted by Gasteiger charge is 2.28. The van der Waals surface area contributed by atoms with Gasteiger partial charge in [0, 0.05) is 36.1 Å². The van der Waals surface area contributed by atoms with Gasteiger partial charge >= 0.3 is 0 Å².